The Hall–Kier alpha value is -0.760. The summed E-state index contributed by atoms with van der Waals surface area (Å²) in [7, 11) is 2.09. The third-order valence-electron chi connectivity index (χ3n) is 3.38. The smallest absolute Gasteiger partial charge is 0.0812 e. The molecule has 0 radical (unpaired) electrons. The van der Waals surface area contributed by atoms with Crippen molar-refractivity contribution in [2.24, 2.45) is 12.5 Å². The number of fused-ring (bicyclic) bond motifs is 1. The second-order valence-corrected chi connectivity index (χ2v) is 5.31. The van der Waals surface area contributed by atoms with Crippen molar-refractivity contribution in [2.45, 2.75) is 39.7 Å². The monoisotopic (exact) mass is 193 g/mol. The Bertz CT molecular complexity index is 363. The minimum atomic E-state index is -0.270. The van der Waals surface area contributed by atoms with Gasteiger partial charge in [0.25, 0.3) is 0 Å². The van der Waals surface area contributed by atoms with Gasteiger partial charge in [0.05, 0.1) is 6.10 Å². The number of aromatic nitrogens is 1. The van der Waals surface area contributed by atoms with E-state index in [1.807, 2.05) is 0 Å². The number of hydrogen-bond acceptors (Lipinski definition) is 1. The first-order valence-corrected chi connectivity index (χ1v) is 5.24. The highest BCUT2D eigenvalue weighted by Crippen LogP contribution is 2.41. The molecule has 1 N–H and O–H groups in total. The lowest BCUT2D eigenvalue weighted by Crippen LogP contribution is -2.26. The van der Waals surface area contributed by atoms with Crippen LogP contribution in [0.15, 0.2) is 6.07 Å². The zero-order valence-electron chi connectivity index (χ0n) is 9.46. The van der Waals surface area contributed by atoms with Gasteiger partial charge in [-0.25, -0.2) is 0 Å². The number of nitrogens with zero attached hydrogens (tertiary/aromatic N) is 1. The summed E-state index contributed by atoms with van der Waals surface area (Å²) in [6.45, 7) is 6.54. The molecule has 0 fully saturated rings. The quantitative estimate of drug-likeness (QED) is 0.672. The number of rotatable bonds is 0. The van der Waals surface area contributed by atoms with Gasteiger partial charge in [-0.2, -0.15) is 0 Å². The lowest BCUT2D eigenvalue weighted by atomic mass is 9.75. The summed E-state index contributed by atoms with van der Waals surface area (Å²) in [6.07, 6.45) is 1.68. The third-order valence-corrected chi connectivity index (χ3v) is 3.38. The van der Waals surface area contributed by atoms with E-state index >= 15 is 0 Å². The molecule has 2 heteroatoms. The van der Waals surface area contributed by atoms with Gasteiger partial charge in [0, 0.05) is 24.0 Å². The van der Waals surface area contributed by atoms with Gasteiger partial charge >= 0.3 is 0 Å². The highest BCUT2D eigenvalue weighted by atomic mass is 16.3. The van der Waals surface area contributed by atoms with E-state index in [1.54, 1.807) is 0 Å². The van der Waals surface area contributed by atoms with E-state index in [0.29, 0.717) is 0 Å². The second kappa shape index (κ2) is 2.86. The molecule has 0 amide bonds. The maximum atomic E-state index is 10.0. The van der Waals surface area contributed by atoms with Crippen molar-refractivity contribution in [1.82, 2.24) is 4.57 Å². The van der Waals surface area contributed by atoms with Gasteiger partial charge in [0.1, 0.15) is 0 Å². The van der Waals surface area contributed by atoms with Crippen LogP contribution in [0.1, 0.15) is 43.3 Å². The SMILES string of the molecule is Cc1cc2c(n1C)CC(C)(C)CC2O. The largest absolute Gasteiger partial charge is 0.388 e. The molecule has 0 bridgehead atoms. The molecule has 0 spiro atoms. The molecular weight excluding hydrogens is 174 g/mol. The van der Waals surface area contributed by atoms with Crippen LogP contribution in [0.2, 0.25) is 0 Å². The fourth-order valence-electron chi connectivity index (χ4n) is 2.48. The number of aliphatic hydroxyl groups excluding tert-OH is 1. The molecule has 14 heavy (non-hydrogen) atoms. The molecule has 1 aromatic rings. The zero-order valence-corrected chi connectivity index (χ0v) is 9.46. The minimum absolute atomic E-state index is 0.227. The van der Waals surface area contributed by atoms with Crippen molar-refractivity contribution in [2.75, 3.05) is 0 Å². The molecular formula is C12H19NO. The highest BCUT2D eigenvalue weighted by molar-refractivity contribution is 5.32. The Balaban J connectivity index is 2.51. The van der Waals surface area contributed by atoms with Crippen LogP contribution >= 0.6 is 0 Å². The van der Waals surface area contributed by atoms with Crippen molar-refractivity contribution in [3.63, 3.8) is 0 Å². The predicted molar refractivity (Wildman–Crippen MR) is 57.2 cm³/mol. The van der Waals surface area contributed by atoms with E-state index in [1.165, 1.54) is 11.4 Å². The molecule has 0 aromatic carbocycles. The fourth-order valence-corrected chi connectivity index (χ4v) is 2.48. The Morgan fingerprint density at radius 1 is 1.50 bits per heavy atom. The fraction of sp³-hybridized carbons (Fsp3) is 0.667. The Morgan fingerprint density at radius 3 is 2.79 bits per heavy atom. The minimum Gasteiger partial charge on any atom is -0.388 e. The van der Waals surface area contributed by atoms with Crippen LogP contribution < -0.4 is 0 Å². The van der Waals surface area contributed by atoms with Gasteiger partial charge in [0.15, 0.2) is 0 Å². The van der Waals surface area contributed by atoms with E-state index in [0.717, 1.165) is 18.4 Å². The first-order valence-electron chi connectivity index (χ1n) is 5.24. The van der Waals surface area contributed by atoms with Crippen molar-refractivity contribution in [1.29, 1.82) is 0 Å². The number of hydrogen-bond donors (Lipinski definition) is 1. The van der Waals surface area contributed by atoms with E-state index in [4.69, 9.17) is 0 Å². The van der Waals surface area contributed by atoms with E-state index in [-0.39, 0.29) is 11.5 Å². The lowest BCUT2D eigenvalue weighted by molar-refractivity contribution is 0.0983. The molecule has 2 nitrogen and oxygen atoms in total. The summed E-state index contributed by atoms with van der Waals surface area (Å²) in [5, 5.41) is 10.0. The maximum absolute atomic E-state index is 10.0. The van der Waals surface area contributed by atoms with Gasteiger partial charge in [-0.1, -0.05) is 13.8 Å². The summed E-state index contributed by atoms with van der Waals surface area (Å²) in [4.78, 5) is 0. The second-order valence-electron chi connectivity index (χ2n) is 5.31. The van der Waals surface area contributed by atoms with Gasteiger partial charge in [-0.05, 0) is 31.2 Å². The molecule has 1 unspecified atom stereocenters. The van der Waals surface area contributed by atoms with Crippen LogP contribution in [-0.2, 0) is 13.5 Å². The summed E-state index contributed by atoms with van der Waals surface area (Å²) in [5.41, 5.74) is 3.92. The molecule has 1 aliphatic rings. The van der Waals surface area contributed by atoms with Crippen LogP contribution in [0.3, 0.4) is 0 Å². The molecule has 2 rings (SSSR count). The van der Waals surface area contributed by atoms with Crippen LogP contribution in [-0.4, -0.2) is 9.67 Å². The first-order chi connectivity index (χ1) is 6.41. The molecule has 1 aromatic heterocycles. The van der Waals surface area contributed by atoms with Crippen LogP contribution in [0.4, 0.5) is 0 Å². The van der Waals surface area contributed by atoms with Crippen molar-refractivity contribution in [3.8, 4) is 0 Å². The van der Waals surface area contributed by atoms with Crippen LogP contribution in [0, 0.1) is 12.3 Å². The van der Waals surface area contributed by atoms with E-state index < -0.39 is 0 Å². The van der Waals surface area contributed by atoms with Gasteiger partial charge < -0.3 is 9.67 Å². The molecule has 0 saturated heterocycles. The van der Waals surface area contributed by atoms with Crippen LogP contribution in [0.25, 0.3) is 0 Å². The average molecular weight is 193 g/mol. The lowest BCUT2D eigenvalue weighted by Gasteiger charge is -2.33. The molecule has 78 valence electrons. The van der Waals surface area contributed by atoms with E-state index in [9.17, 15) is 5.11 Å². The Morgan fingerprint density at radius 2 is 2.14 bits per heavy atom. The van der Waals surface area contributed by atoms with Crippen molar-refractivity contribution in [3.05, 3.63) is 23.0 Å². The Labute approximate surface area is 85.6 Å². The number of aliphatic hydroxyl groups is 1. The number of aryl methyl sites for hydroxylation is 1. The zero-order chi connectivity index (χ0) is 10.5. The summed E-state index contributed by atoms with van der Waals surface area (Å²) in [6, 6.07) is 2.12. The molecule has 1 heterocycles. The van der Waals surface area contributed by atoms with Crippen molar-refractivity contribution < 1.29 is 5.11 Å². The van der Waals surface area contributed by atoms with Gasteiger partial charge in [0.2, 0.25) is 0 Å². The standard InChI is InChI=1S/C12H19NO/c1-8-5-9-10(13(8)4)6-12(2,3)7-11(9)14/h5,11,14H,6-7H2,1-4H3. The first kappa shape index (κ1) is 9.78. The summed E-state index contributed by atoms with van der Waals surface area (Å²) < 4.78 is 2.21. The third kappa shape index (κ3) is 1.38. The van der Waals surface area contributed by atoms with Crippen molar-refractivity contribution >= 4 is 0 Å². The predicted octanol–water partition coefficient (Wildman–Crippen LogP) is 2.34. The normalized spacial score (nSPS) is 24.8. The molecule has 1 atom stereocenters. The topological polar surface area (TPSA) is 25.2 Å². The van der Waals surface area contributed by atoms with Crippen LogP contribution in [0.5, 0.6) is 0 Å². The average Bonchev–Trinajstić information content (AvgIpc) is 2.30. The molecule has 0 saturated carbocycles. The van der Waals surface area contributed by atoms with Gasteiger partial charge in [-0.3, -0.25) is 0 Å². The summed E-state index contributed by atoms with van der Waals surface area (Å²) >= 11 is 0. The van der Waals surface area contributed by atoms with E-state index in [2.05, 4.69) is 38.5 Å². The Kier molecular flexibility index (Phi) is 2.00. The molecule has 1 aliphatic carbocycles. The van der Waals surface area contributed by atoms with Gasteiger partial charge in [-0.15, -0.1) is 0 Å². The highest BCUT2D eigenvalue weighted by Gasteiger charge is 2.33. The maximum Gasteiger partial charge on any atom is 0.0812 e. The molecule has 0 aliphatic heterocycles. The summed E-state index contributed by atoms with van der Waals surface area (Å²) in [5.74, 6) is 0.